The number of nitrogen functional groups attached to an aromatic ring is 1. The monoisotopic (exact) mass is 276 g/mol. The fraction of sp³-hybridized carbons (Fsp3) is 0.562. The number of anilines is 1. The third-order valence-electron chi connectivity index (χ3n) is 4.31. The van der Waals surface area contributed by atoms with Crippen molar-refractivity contribution in [2.75, 3.05) is 19.4 Å². The zero-order valence-corrected chi connectivity index (χ0v) is 12.3. The molecule has 0 saturated heterocycles. The molecule has 1 aliphatic carbocycles. The fourth-order valence-electron chi connectivity index (χ4n) is 2.90. The van der Waals surface area contributed by atoms with Crippen molar-refractivity contribution in [3.8, 4) is 5.75 Å². The molecule has 1 aliphatic rings. The van der Waals surface area contributed by atoms with Crippen molar-refractivity contribution in [1.29, 1.82) is 0 Å². The molecule has 4 nitrogen and oxygen atoms in total. The fourth-order valence-corrected chi connectivity index (χ4v) is 2.90. The predicted molar refractivity (Wildman–Crippen MR) is 80.9 cm³/mol. The second-order valence-corrected chi connectivity index (χ2v) is 5.69. The van der Waals surface area contributed by atoms with E-state index in [0.29, 0.717) is 28.8 Å². The van der Waals surface area contributed by atoms with Crippen LogP contribution in [-0.2, 0) is 0 Å². The minimum Gasteiger partial charge on any atom is -0.495 e. The first-order valence-electron chi connectivity index (χ1n) is 7.33. The molecule has 0 spiro atoms. The van der Waals surface area contributed by atoms with Crippen LogP contribution in [-0.4, -0.2) is 19.6 Å². The Kier molecular flexibility index (Phi) is 4.88. The van der Waals surface area contributed by atoms with Gasteiger partial charge in [0.1, 0.15) is 5.75 Å². The lowest BCUT2D eigenvalue weighted by atomic mass is 9.80. The van der Waals surface area contributed by atoms with E-state index in [2.05, 4.69) is 12.2 Å². The quantitative estimate of drug-likeness (QED) is 0.831. The molecule has 1 amide bonds. The van der Waals surface area contributed by atoms with Gasteiger partial charge in [-0.3, -0.25) is 4.79 Å². The summed E-state index contributed by atoms with van der Waals surface area (Å²) in [5.41, 5.74) is 6.91. The number of nitrogens with one attached hydrogen (secondary N) is 1. The van der Waals surface area contributed by atoms with Crippen LogP contribution in [0.4, 0.5) is 5.69 Å². The number of methoxy groups -OCH3 is 1. The van der Waals surface area contributed by atoms with Gasteiger partial charge in [0, 0.05) is 12.1 Å². The topological polar surface area (TPSA) is 64.3 Å². The third kappa shape index (κ3) is 3.44. The lowest BCUT2D eigenvalue weighted by molar-refractivity contribution is 0.0936. The Morgan fingerprint density at radius 2 is 2.15 bits per heavy atom. The first kappa shape index (κ1) is 14.7. The molecule has 0 heterocycles. The molecule has 0 aliphatic heterocycles. The average molecular weight is 276 g/mol. The van der Waals surface area contributed by atoms with Gasteiger partial charge in [0.25, 0.3) is 5.91 Å². The lowest BCUT2D eigenvalue weighted by Gasteiger charge is -2.28. The maximum absolute atomic E-state index is 12.1. The van der Waals surface area contributed by atoms with Crippen LogP contribution in [0.15, 0.2) is 18.2 Å². The van der Waals surface area contributed by atoms with Gasteiger partial charge in [-0.2, -0.15) is 0 Å². The number of rotatable bonds is 4. The number of amides is 1. The molecule has 2 rings (SSSR count). The SMILES string of the molecule is COc1ccc(C(=O)NCC2CCCCC2C)cc1N. The number of hydrogen-bond acceptors (Lipinski definition) is 3. The summed E-state index contributed by atoms with van der Waals surface area (Å²) in [6.07, 6.45) is 5.09. The number of carbonyl (C=O) groups is 1. The van der Waals surface area contributed by atoms with E-state index in [-0.39, 0.29) is 5.91 Å². The molecule has 0 aromatic heterocycles. The lowest BCUT2D eigenvalue weighted by Crippen LogP contribution is -2.33. The Morgan fingerprint density at radius 1 is 1.40 bits per heavy atom. The largest absolute Gasteiger partial charge is 0.495 e. The highest BCUT2D eigenvalue weighted by Crippen LogP contribution is 2.29. The number of carbonyl (C=O) groups excluding carboxylic acids is 1. The van der Waals surface area contributed by atoms with Crippen LogP contribution in [0, 0.1) is 11.8 Å². The van der Waals surface area contributed by atoms with Gasteiger partial charge in [-0.15, -0.1) is 0 Å². The summed E-state index contributed by atoms with van der Waals surface area (Å²) in [6.45, 7) is 3.04. The smallest absolute Gasteiger partial charge is 0.251 e. The van der Waals surface area contributed by atoms with E-state index in [1.807, 2.05) is 0 Å². The van der Waals surface area contributed by atoms with Gasteiger partial charge in [0.05, 0.1) is 12.8 Å². The Bertz CT molecular complexity index is 474. The summed E-state index contributed by atoms with van der Waals surface area (Å²) in [7, 11) is 1.57. The summed E-state index contributed by atoms with van der Waals surface area (Å²) in [5, 5.41) is 3.03. The van der Waals surface area contributed by atoms with Crippen molar-refractivity contribution in [3.63, 3.8) is 0 Å². The number of hydrogen-bond donors (Lipinski definition) is 2. The molecule has 1 fully saturated rings. The molecular weight excluding hydrogens is 252 g/mol. The van der Waals surface area contributed by atoms with Crippen LogP contribution < -0.4 is 15.8 Å². The van der Waals surface area contributed by atoms with Crippen LogP contribution in [0.25, 0.3) is 0 Å². The molecule has 2 unspecified atom stereocenters. The molecule has 4 heteroatoms. The van der Waals surface area contributed by atoms with E-state index in [0.717, 1.165) is 6.54 Å². The molecule has 2 atom stereocenters. The van der Waals surface area contributed by atoms with E-state index in [1.54, 1.807) is 25.3 Å². The van der Waals surface area contributed by atoms with Crippen molar-refractivity contribution < 1.29 is 9.53 Å². The number of ether oxygens (including phenoxy) is 1. The highest BCUT2D eigenvalue weighted by Gasteiger charge is 2.21. The molecule has 0 radical (unpaired) electrons. The summed E-state index contributed by atoms with van der Waals surface area (Å²) in [6, 6.07) is 5.14. The van der Waals surface area contributed by atoms with Gasteiger partial charge in [-0.05, 0) is 36.5 Å². The highest BCUT2D eigenvalue weighted by molar-refractivity contribution is 5.95. The molecule has 110 valence electrons. The Balaban J connectivity index is 1.93. The van der Waals surface area contributed by atoms with Gasteiger partial charge in [-0.1, -0.05) is 26.2 Å². The Hall–Kier alpha value is -1.71. The maximum atomic E-state index is 12.1. The molecule has 1 aromatic rings. The van der Waals surface area contributed by atoms with Gasteiger partial charge in [0.2, 0.25) is 0 Å². The van der Waals surface area contributed by atoms with E-state index in [1.165, 1.54) is 25.7 Å². The van der Waals surface area contributed by atoms with E-state index in [9.17, 15) is 4.79 Å². The average Bonchev–Trinajstić information content (AvgIpc) is 2.46. The number of nitrogens with two attached hydrogens (primary N) is 1. The zero-order chi connectivity index (χ0) is 14.5. The molecular formula is C16H24N2O2. The van der Waals surface area contributed by atoms with Crippen molar-refractivity contribution in [2.24, 2.45) is 11.8 Å². The van der Waals surface area contributed by atoms with Gasteiger partial charge in [0.15, 0.2) is 0 Å². The molecule has 0 bridgehead atoms. The summed E-state index contributed by atoms with van der Waals surface area (Å²) in [5.74, 6) is 1.84. The van der Waals surface area contributed by atoms with Crippen molar-refractivity contribution in [3.05, 3.63) is 23.8 Å². The van der Waals surface area contributed by atoms with Crippen molar-refractivity contribution in [1.82, 2.24) is 5.32 Å². The normalized spacial score (nSPS) is 22.3. The first-order valence-corrected chi connectivity index (χ1v) is 7.33. The van der Waals surface area contributed by atoms with Crippen LogP contribution in [0.2, 0.25) is 0 Å². The Labute approximate surface area is 120 Å². The summed E-state index contributed by atoms with van der Waals surface area (Å²) >= 11 is 0. The van der Waals surface area contributed by atoms with Gasteiger partial charge in [-0.25, -0.2) is 0 Å². The van der Waals surface area contributed by atoms with Crippen LogP contribution in [0.5, 0.6) is 5.75 Å². The van der Waals surface area contributed by atoms with Crippen molar-refractivity contribution in [2.45, 2.75) is 32.6 Å². The van der Waals surface area contributed by atoms with Crippen LogP contribution >= 0.6 is 0 Å². The third-order valence-corrected chi connectivity index (χ3v) is 4.31. The molecule has 20 heavy (non-hydrogen) atoms. The highest BCUT2D eigenvalue weighted by atomic mass is 16.5. The molecule has 1 aromatic carbocycles. The maximum Gasteiger partial charge on any atom is 0.251 e. The molecule has 1 saturated carbocycles. The summed E-state index contributed by atoms with van der Waals surface area (Å²) < 4.78 is 5.09. The minimum atomic E-state index is -0.0582. The van der Waals surface area contributed by atoms with Crippen LogP contribution in [0.1, 0.15) is 43.0 Å². The summed E-state index contributed by atoms with van der Waals surface area (Å²) in [4.78, 5) is 12.1. The molecule has 3 N–H and O–H groups in total. The second-order valence-electron chi connectivity index (χ2n) is 5.69. The Morgan fingerprint density at radius 3 is 2.80 bits per heavy atom. The second kappa shape index (κ2) is 6.64. The number of benzene rings is 1. The van der Waals surface area contributed by atoms with E-state index in [4.69, 9.17) is 10.5 Å². The first-order chi connectivity index (χ1) is 9.61. The predicted octanol–water partition coefficient (Wildman–Crippen LogP) is 2.83. The van der Waals surface area contributed by atoms with Crippen LogP contribution in [0.3, 0.4) is 0 Å². The minimum absolute atomic E-state index is 0.0582. The van der Waals surface area contributed by atoms with E-state index < -0.39 is 0 Å². The standard InChI is InChI=1S/C16H24N2O2/c1-11-5-3-4-6-13(11)10-18-16(19)12-7-8-15(20-2)14(17)9-12/h7-9,11,13H,3-6,10,17H2,1-2H3,(H,18,19). The van der Waals surface area contributed by atoms with Gasteiger partial charge >= 0.3 is 0 Å². The van der Waals surface area contributed by atoms with E-state index >= 15 is 0 Å². The zero-order valence-electron chi connectivity index (χ0n) is 12.3. The van der Waals surface area contributed by atoms with Crippen molar-refractivity contribution >= 4 is 11.6 Å². The van der Waals surface area contributed by atoms with Gasteiger partial charge < -0.3 is 15.8 Å².